The highest BCUT2D eigenvalue weighted by molar-refractivity contribution is 5.91. The summed E-state index contributed by atoms with van der Waals surface area (Å²) in [4.78, 5) is 22.1. The van der Waals surface area contributed by atoms with Gasteiger partial charge in [0.05, 0.1) is 7.11 Å². The van der Waals surface area contributed by atoms with Gasteiger partial charge in [-0.05, 0) is 18.1 Å². The largest absolute Gasteiger partial charge is 0.504 e. The van der Waals surface area contributed by atoms with E-state index < -0.39 is 5.97 Å². The summed E-state index contributed by atoms with van der Waals surface area (Å²) in [6.45, 7) is 1.69. The van der Waals surface area contributed by atoms with Gasteiger partial charge in [-0.25, -0.2) is 0 Å². The first-order chi connectivity index (χ1) is 8.92. The summed E-state index contributed by atoms with van der Waals surface area (Å²) < 4.78 is 4.89. The number of aliphatic carboxylic acids is 1. The van der Waals surface area contributed by atoms with Crippen LogP contribution in [-0.2, 0) is 9.59 Å². The second kappa shape index (κ2) is 6.63. The monoisotopic (exact) mass is 267 g/mol. The van der Waals surface area contributed by atoms with Crippen molar-refractivity contribution in [2.24, 2.45) is 5.92 Å². The van der Waals surface area contributed by atoms with Gasteiger partial charge in [0.25, 0.3) is 0 Å². The number of anilines is 1. The highest BCUT2D eigenvalue weighted by atomic mass is 16.5. The summed E-state index contributed by atoms with van der Waals surface area (Å²) in [6.07, 6.45) is 0.0559. The Bertz CT molecular complexity index is 472. The van der Waals surface area contributed by atoms with Gasteiger partial charge in [0, 0.05) is 24.6 Å². The van der Waals surface area contributed by atoms with E-state index in [-0.39, 0.29) is 30.4 Å². The minimum atomic E-state index is -0.928. The minimum absolute atomic E-state index is 0.0543. The molecule has 1 rings (SSSR count). The first kappa shape index (κ1) is 14.8. The number of phenols is 1. The van der Waals surface area contributed by atoms with Gasteiger partial charge in [-0.3, -0.25) is 9.59 Å². The van der Waals surface area contributed by atoms with Gasteiger partial charge in [-0.1, -0.05) is 6.92 Å². The van der Waals surface area contributed by atoms with Crippen LogP contribution in [0.25, 0.3) is 0 Å². The lowest BCUT2D eigenvalue weighted by Crippen LogP contribution is -2.16. The molecule has 1 amide bonds. The number of rotatable bonds is 6. The predicted molar refractivity (Wildman–Crippen MR) is 69.3 cm³/mol. The number of carbonyl (C=O) groups excluding carboxylic acids is 1. The third-order valence-corrected chi connectivity index (χ3v) is 2.52. The number of hydrogen-bond acceptors (Lipinski definition) is 4. The molecule has 0 aromatic heterocycles. The molecule has 104 valence electrons. The number of methoxy groups -OCH3 is 1. The van der Waals surface area contributed by atoms with E-state index in [0.29, 0.717) is 11.4 Å². The number of benzene rings is 1. The molecule has 1 atom stereocenters. The van der Waals surface area contributed by atoms with Gasteiger partial charge in [-0.15, -0.1) is 0 Å². The van der Waals surface area contributed by atoms with Crippen molar-refractivity contribution >= 4 is 17.6 Å². The van der Waals surface area contributed by atoms with Gasteiger partial charge < -0.3 is 20.3 Å². The number of carboxylic acids is 1. The Morgan fingerprint density at radius 3 is 2.58 bits per heavy atom. The highest BCUT2D eigenvalue weighted by Gasteiger charge is 2.13. The number of amides is 1. The average molecular weight is 267 g/mol. The first-order valence-electron chi connectivity index (χ1n) is 5.81. The normalized spacial score (nSPS) is 11.7. The number of hydrogen-bond donors (Lipinski definition) is 3. The Hall–Kier alpha value is -2.24. The van der Waals surface area contributed by atoms with Gasteiger partial charge in [0.2, 0.25) is 5.91 Å². The van der Waals surface area contributed by atoms with E-state index >= 15 is 0 Å². The predicted octanol–water partition coefficient (Wildman–Crippen LogP) is 1.84. The van der Waals surface area contributed by atoms with E-state index in [1.807, 2.05) is 0 Å². The quantitative estimate of drug-likeness (QED) is 0.730. The standard InChI is InChI=1S/C13H17NO5/c1-8(6-13(17)18)5-12(16)14-9-3-4-11(19-2)10(15)7-9/h3-4,7-8,15H,5-6H2,1-2H3,(H,14,16)(H,17,18). The summed E-state index contributed by atoms with van der Waals surface area (Å²) >= 11 is 0. The molecule has 1 unspecified atom stereocenters. The van der Waals surface area contributed by atoms with Crippen LogP contribution in [0.15, 0.2) is 18.2 Å². The molecule has 0 fully saturated rings. The van der Waals surface area contributed by atoms with Crippen molar-refractivity contribution in [3.8, 4) is 11.5 Å². The summed E-state index contributed by atoms with van der Waals surface area (Å²) in [5.74, 6) is -1.22. The summed E-state index contributed by atoms with van der Waals surface area (Å²) in [5, 5.41) is 20.7. The Labute approximate surface area is 111 Å². The van der Waals surface area contributed by atoms with E-state index in [0.717, 1.165) is 0 Å². The van der Waals surface area contributed by atoms with E-state index in [1.54, 1.807) is 13.0 Å². The lowest BCUT2D eigenvalue weighted by Gasteiger charge is -2.10. The number of carbonyl (C=O) groups is 2. The molecule has 19 heavy (non-hydrogen) atoms. The van der Waals surface area contributed by atoms with Crippen molar-refractivity contribution in [3.63, 3.8) is 0 Å². The summed E-state index contributed by atoms with van der Waals surface area (Å²) in [6, 6.07) is 4.50. The minimum Gasteiger partial charge on any atom is -0.504 e. The molecule has 0 saturated heterocycles. The van der Waals surface area contributed by atoms with Crippen LogP contribution in [0.2, 0.25) is 0 Å². The fourth-order valence-electron chi connectivity index (χ4n) is 1.67. The number of nitrogens with one attached hydrogen (secondary N) is 1. The van der Waals surface area contributed by atoms with Crippen LogP contribution in [0, 0.1) is 5.92 Å². The maximum Gasteiger partial charge on any atom is 0.303 e. The second-order valence-corrected chi connectivity index (χ2v) is 4.34. The van der Waals surface area contributed by atoms with E-state index in [2.05, 4.69) is 5.32 Å². The first-order valence-corrected chi connectivity index (χ1v) is 5.81. The fraction of sp³-hybridized carbons (Fsp3) is 0.385. The number of ether oxygens (including phenoxy) is 1. The van der Waals surface area contributed by atoms with Crippen molar-refractivity contribution in [2.75, 3.05) is 12.4 Å². The lowest BCUT2D eigenvalue weighted by atomic mass is 10.0. The van der Waals surface area contributed by atoms with Crippen LogP contribution in [-0.4, -0.2) is 29.2 Å². The zero-order valence-electron chi connectivity index (χ0n) is 10.8. The third-order valence-electron chi connectivity index (χ3n) is 2.52. The molecule has 0 aliphatic carbocycles. The van der Waals surface area contributed by atoms with Gasteiger partial charge in [0.1, 0.15) is 0 Å². The molecule has 0 bridgehead atoms. The van der Waals surface area contributed by atoms with Crippen molar-refractivity contribution in [2.45, 2.75) is 19.8 Å². The molecule has 0 heterocycles. The molecule has 0 radical (unpaired) electrons. The summed E-state index contributed by atoms with van der Waals surface area (Å²) in [7, 11) is 1.43. The van der Waals surface area contributed by atoms with Gasteiger partial charge >= 0.3 is 5.97 Å². The van der Waals surface area contributed by atoms with Gasteiger partial charge in [0.15, 0.2) is 11.5 Å². The van der Waals surface area contributed by atoms with Crippen LogP contribution in [0.1, 0.15) is 19.8 Å². The molecule has 6 nitrogen and oxygen atoms in total. The molecule has 0 saturated carbocycles. The van der Waals surface area contributed by atoms with Crippen LogP contribution in [0.4, 0.5) is 5.69 Å². The molecule has 0 spiro atoms. The topological polar surface area (TPSA) is 95.9 Å². The van der Waals surface area contributed by atoms with E-state index in [1.165, 1.54) is 19.2 Å². The summed E-state index contributed by atoms with van der Waals surface area (Å²) in [5.41, 5.74) is 0.436. The molecule has 6 heteroatoms. The van der Waals surface area contributed by atoms with Crippen molar-refractivity contribution in [1.29, 1.82) is 0 Å². The maximum atomic E-state index is 11.7. The van der Waals surface area contributed by atoms with Crippen molar-refractivity contribution in [3.05, 3.63) is 18.2 Å². The van der Waals surface area contributed by atoms with Crippen LogP contribution >= 0.6 is 0 Å². The van der Waals surface area contributed by atoms with Crippen LogP contribution < -0.4 is 10.1 Å². The second-order valence-electron chi connectivity index (χ2n) is 4.34. The molecule has 0 aliphatic heterocycles. The lowest BCUT2D eigenvalue weighted by molar-refractivity contribution is -0.138. The smallest absolute Gasteiger partial charge is 0.303 e. The van der Waals surface area contributed by atoms with Crippen molar-refractivity contribution < 1.29 is 24.5 Å². The molecule has 1 aromatic carbocycles. The molecule has 3 N–H and O–H groups in total. The number of carboxylic acid groups (broad SMARTS) is 1. The molecular formula is C13H17NO5. The number of aromatic hydroxyl groups is 1. The zero-order valence-corrected chi connectivity index (χ0v) is 10.8. The number of phenolic OH excluding ortho intramolecular Hbond substituents is 1. The Morgan fingerprint density at radius 1 is 1.37 bits per heavy atom. The molecule has 1 aromatic rings. The van der Waals surface area contributed by atoms with E-state index in [4.69, 9.17) is 9.84 Å². The zero-order chi connectivity index (χ0) is 14.4. The average Bonchev–Trinajstić information content (AvgIpc) is 2.27. The molecular weight excluding hydrogens is 250 g/mol. The third kappa shape index (κ3) is 4.87. The maximum absolute atomic E-state index is 11.7. The van der Waals surface area contributed by atoms with Crippen LogP contribution in [0.3, 0.4) is 0 Å². The fourth-order valence-corrected chi connectivity index (χ4v) is 1.67. The Kier molecular flexibility index (Phi) is 5.17. The van der Waals surface area contributed by atoms with E-state index in [9.17, 15) is 14.7 Å². The SMILES string of the molecule is COc1ccc(NC(=O)CC(C)CC(=O)O)cc1O. The van der Waals surface area contributed by atoms with Gasteiger partial charge in [-0.2, -0.15) is 0 Å². The van der Waals surface area contributed by atoms with Crippen molar-refractivity contribution in [1.82, 2.24) is 0 Å². The highest BCUT2D eigenvalue weighted by Crippen LogP contribution is 2.28. The Morgan fingerprint density at radius 2 is 2.05 bits per heavy atom. The van der Waals surface area contributed by atoms with Crippen LogP contribution in [0.5, 0.6) is 11.5 Å². The molecule has 0 aliphatic rings. The Balaban J connectivity index is 2.57.